The summed E-state index contributed by atoms with van der Waals surface area (Å²) < 4.78 is 38.1. The van der Waals surface area contributed by atoms with Crippen LogP contribution in [0.5, 0.6) is 0 Å². The summed E-state index contributed by atoms with van der Waals surface area (Å²) in [5.41, 5.74) is 4.85. The molecule has 0 atom stereocenters. The zero-order valence-corrected chi connectivity index (χ0v) is 10.5. The second-order valence-corrected chi connectivity index (χ2v) is 4.15. The fraction of sp³-hybridized carbons (Fsp3) is 0.500. The number of hydrogen-bond acceptors (Lipinski definition) is 3. The average Bonchev–Trinajstić information content (AvgIpc) is 2.28. The molecule has 0 fully saturated rings. The molecule has 0 aromatic heterocycles. The smallest absolute Gasteiger partial charge is 0.398 e. The third-order valence-corrected chi connectivity index (χ3v) is 2.70. The monoisotopic (exact) mass is 261 g/mol. The Kier molecular flexibility index (Phi) is 4.84. The Morgan fingerprint density at radius 2 is 2.00 bits per heavy atom. The molecule has 0 heterocycles. The van der Waals surface area contributed by atoms with Crippen LogP contribution in [0.2, 0.25) is 0 Å². The van der Waals surface area contributed by atoms with Crippen LogP contribution in [0.4, 0.5) is 24.5 Å². The molecule has 3 nitrogen and oxygen atoms in total. The summed E-state index contributed by atoms with van der Waals surface area (Å²) >= 11 is 0. The molecule has 0 amide bonds. The number of hydrogen-bond donors (Lipinski definition) is 2. The lowest BCUT2D eigenvalue weighted by atomic mass is 10.1. The van der Waals surface area contributed by atoms with Crippen molar-refractivity contribution in [3.8, 4) is 0 Å². The molecule has 102 valence electrons. The minimum atomic E-state index is -4.41. The molecule has 0 aliphatic carbocycles. The number of nitrogens with zero attached hydrogens (tertiary/aromatic N) is 1. The molecule has 6 heteroatoms. The number of benzene rings is 1. The molecule has 0 saturated carbocycles. The lowest BCUT2D eigenvalue weighted by Gasteiger charge is -2.21. The van der Waals surface area contributed by atoms with Gasteiger partial charge in [0.1, 0.15) is 0 Å². The van der Waals surface area contributed by atoms with Gasteiger partial charge in [-0.25, -0.2) is 0 Å². The zero-order valence-electron chi connectivity index (χ0n) is 10.5. The predicted octanol–water partition coefficient (Wildman–Crippen LogP) is 2.33. The lowest BCUT2D eigenvalue weighted by molar-refractivity contribution is -0.136. The van der Waals surface area contributed by atoms with E-state index in [-0.39, 0.29) is 5.69 Å². The largest absolute Gasteiger partial charge is 0.418 e. The van der Waals surface area contributed by atoms with Crippen molar-refractivity contribution < 1.29 is 13.2 Å². The van der Waals surface area contributed by atoms with Crippen molar-refractivity contribution >= 4 is 11.4 Å². The van der Waals surface area contributed by atoms with Gasteiger partial charge in [-0.2, -0.15) is 13.2 Å². The van der Waals surface area contributed by atoms with E-state index in [4.69, 9.17) is 5.73 Å². The Balaban J connectivity index is 2.84. The quantitative estimate of drug-likeness (QED) is 0.631. The van der Waals surface area contributed by atoms with Gasteiger partial charge in [0, 0.05) is 25.0 Å². The molecule has 0 aliphatic heterocycles. The standard InChI is InChI=1S/C12H18F3N3/c1-17-6-3-7-18(2)9-4-5-11(16)10(8-9)12(13,14)15/h4-5,8,17H,3,6-7,16H2,1-2H3. The minimum Gasteiger partial charge on any atom is -0.398 e. The van der Waals surface area contributed by atoms with Crippen LogP contribution >= 0.6 is 0 Å². The second kappa shape index (κ2) is 5.95. The summed E-state index contributed by atoms with van der Waals surface area (Å²) in [6.45, 7) is 1.51. The molecule has 0 aliphatic rings. The van der Waals surface area contributed by atoms with Crippen molar-refractivity contribution in [3.05, 3.63) is 23.8 Å². The molecule has 0 saturated heterocycles. The molecule has 3 N–H and O–H groups in total. The average molecular weight is 261 g/mol. The fourth-order valence-electron chi connectivity index (χ4n) is 1.65. The van der Waals surface area contributed by atoms with Gasteiger partial charge in [-0.05, 0) is 38.2 Å². The van der Waals surface area contributed by atoms with Gasteiger partial charge in [-0.1, -0.05) is 0 Å². The summed E-state index contributed by atoms with van der Waals surface area (Å²) in [5, 5.41) is 2.99. The first kappa shape index (κ1) is 14.6. The molecule has 18 heavy (non-hydrogen) atoms. The molecule has 1 aromatic carbocycles. The Morgan fingerprint density at radius 1 is 1.33 bits per heavy atom. The van der Waals surface area contributed by atoms with Gasteiger partial charge in [0.05, 0.1) is 5.56 Å². The Labute approximate surface area is 105 Å². The first-order valence-electron chi connectivity index (χ1n) is 5.68. The van der Waals surface area contributed by atoms with Crippen LogP contribution in [-0.2, 0) is 6.18 Å². The van der Waals surface area contributed by atoms with E-state index in [1.165, 1.54) is 6.07 Å². The van der Waals surface area contributed by atoms with E-state index in [0.29, 0.717) is 12.2 Å². The van der Waals surface area contributed by atoms with Gasteiger partial charge in [-0.3, -0.25) is 0 Å². The van der Waals surface area contributed by atoms with Gasteiger partial charge < -0.3 is 16.0 Å². The van der Waals surface area contributed by atoms with Crippen molar-refractivity contribution in [3.63, 3.8) is 0 Å². The van der Waals surface area contributed by atoms with Gasteiger partial charge in [-0.15, -0.1) is 0 Å². The first-order chi connectivity index (χ1) is 8.36. The molecule has 1 rings (SSSR count). The van der Waals surface area contributed by atoms with E-state index in [1.807, 2.05) is 7.05 Å². The molecule has 0 spiro atoms. The molecular formula is C12H18F3N3. The van der Waals surface area contributed by atoms with Crippen LogP contribution in [0.3, 0.4) is 0 Å². The Morgan fingerprint density at radius 3 is 2.56 bits per heavy atom. The lowest BCUT2D eigenvalue weighted by Crippen LogP contribution is -2.22. The van der Waals surface area contributed by atoms with E-state index in [0.717, 1.165) is 19.0 Å². The van der Waals surface area contributed by atoms with E-state index in [1.54, 1.807) is 18.0 Å². The Hall–Kier alpha value is -1.43. The first-order valence-corrected chi connectivity index (χ1v) is 5.68. The molecule has 1 aromatic rings. The topological polar surface area (TPSA) is 41.3 Å². The third kappa shape index (κ3) is 3.80. The second-order valence-electron chi connectivity index (χ2n) is 4.15. The summed E-state index contributed by atoms with van der Waals surface area (Å²) in [7, 11) is 3.60. The predicted molar refractivity (Wildman–Crippen MR) is 67.7 cm³/mol. The molecule has 0 radical (unpaired) electrons. The number of nitrogen functional groups attached to an aromatic ring is 1. The molecular weight excluding hydrogens is 243 g/mol. The highest BCUT2D eigenvalue weighted by atomic mass is 19.4. The minimum absolute atomic E-state index is 0.241. The van der Waals surface area contributed by atoms with Crippen molar-refractivity contribution in [2.75, 3.05) is 37.8 Å². The van der Waals surface area contributed by atoms with E-state index in [2.05, 4.69) is 5.32 Å². The Bertz CT molecular complexity index is 391. The maximum atomic E-state index is 12.7. The van der Waals surface area contributed by atoms with Gasteiger partial charge in [0.25, 0.3) is 0 Å². The van der Waals surface area contributed by atoms with Crippen LogP contribution < -0.4 is 16.0 Å². The number of rotatable bonds is 5. The number of nitrogens with one attached hydrogen (secondary N) is 1. The SMILES string of the molecule is CNCCCN(C)c1ccc(N)c(C(F)(F)F)c1. The van der Waals surface area contributed by atoms with Gasteiger partial charge in [0.2, 0.25) is 0 Å². The number of nitrogens with two attached hydrogens (primary N) is 1. The highest BCUT2D eigenvalue weighted by molar-refractivity contribution is 5.59. The van der Waals surface area contributed by atoms with Crippen molar-refractivity contribution in [1.82, 2.24) is 5.32 Å². The van der Waals surface area contributed by atoms with E-state index < -0.39 is 11.7 Å². The van der Waals surface area contributed by atoms with E-state index >= 15 is 0 Å². The molecule has 0 unspecified atom stereocenters. The summed E-state index contributed by atoms with van der Waals surface area (Å²) in [4.78, 5) is 1.78. The van der Waals surface area contributed by atoms with Crippen molar-refractivity contribution in [2.45, 2.75) is 12.6 Å². The highest BCUT2D eigenvalue weighted by Gasteiger charge is 2.33. The highest BCUT2D eigenvalue weighted by Crippen LogP contribution is 2.35. The maximum absolute atomic E-state index is 12.7. The fourth-order valence-corrected chi connectivity index (χ4v) is 1.65. The van der Waals surface area contributed by atoms with Gasteiger partial charge in [0.15, 0.2) is 0 Å². The normalized spacial score (nSPS) is 11.6. The van der Waals surface area contributed by atoms with Crippen LogP contribution in [0, 0.1) is 0 Å². The molecule has 0 bridgehead atoms. The van der Waals surface area contributed by atoms with Crippen molar-refractivity contribution in [2.24, 2.45) is 0 Å². The van der Waals surface area contributed by atoms with Crippen LogP contribution in [0.1, 0.15) is 12.0 Å². The van der Waals surface area contributed by atoms with Crippen LogP contribution in [0.25, 0.3) is 0 Å². The zero-order chi connectivity index (χ0) is 13.8. The summed E-state index contributed by atoms with van der Waals surface area (Å²) in [6, 6.07) is 3.99. The van der Waals surface area contributed by atoms with Crippen LogP contribution in [0.15, 0.2) is 18.2 Å². The van der Waals surface area contributed by atoms with Crippen LogP contribution in [-0.4, -0.2) is 27.2 Å². The third-order valence-electron chi connectivity index (χ3n) is 2.70. The number of anilines is 2. The number of alkyl halides is 3. The van der Waals surface area contributed by atoms with Gasteiger partial charge >= 0.3 is 6.18 Å². The van der Waals surface area contributed by atoms with Crippen molar-refractivity contribution in [1.29, 1.82) is 0 Å². The summed E-state index contributed by atoms with van der Waals surface area (Å²) in [6.07, 6.45) is -3.55. The maximum Gasteiger partial charge on any atom is 0.418 e. The summed E-state index contributed by atoms with van der Waals surface area (Å²) in [5.74, 6) is 0. The number of halogens is 3. The van der Waals surface area contributed by atoms with E-state index in [9.17, 15) is 13.2 Å².